The normalized spacial score (nSPS) is 32.2. The number of unbranched alkanes of at least 4 members (excludes halogenated alkanes) is 1. The van der Waals surface area contributed by atoms with Crippen LogP contribution in [0, 0.1) is 52.3 Å². The maximum absolute atomic E-state index is 13.3. The summed E-state index contributed by atoms with van der Waals surface area (Å²) in [6, 6.07) is 0.249. The molecule has 9 unspecified atom stereocenters. The van der Waals surface area contributed by atoms with Crippen molar-refractivity contribution in [3.05, 3.63) is 11.6 Å². The van der Waals surface area contributed by atoms with Gasteiger partial charge >= 0.3 is 5.97 Å². The Morgan fingerprint density at radius 1 is 0.885 bits per heavy atom. The minimum atomic E-state index is -0.222. The minimum Gasteiger partial charge on any atom is -0.462 e. The summed E-state index contributed by atoms with van der Waals surface area (Å²) in [6.07, 6.45) is 20.3. The van der Waals surface area contributed by atoms with Gasteiger partial charge in [0.05, 0.1) is 6.42 Å². The Morgan fingerprint density at radius 3 is 2.33 bits per heavy atom. The first-order valence-corrected chi connectivity index (χ1v) is 22.1. The second-order valence-electron chi connectivity index (χ2n) is 19.2. The number of nitrogens with two attached hydrogens (primary N) is 2. The molecule has 0 aromatic carbocycles. The number of carbonyl (C=O) groups excluding carboxylic acids is 2. The third kappa shape index (κ3) is 11.1. The molecule has 11 atom stereocenters. The van der Waals surface area contributed by atoms with Crippen LogP contribution >= 0.6 is 0 Å². The van der Waals surface area contributed by atoms with Crippen molar-refractivity contribution in [1.82, 2.24) is 10.2 Å². The van der Waals surface area contributed by atoms with Crippen LogP contribution in [0.1, 0.15) is 165 Å². The molecule has 3 fully saturated rings. The molecule has 4 aliphatic carbocycles. The molecule has 0 aromatic rings. The lowest BCUT2D eigenvalue weighted by Gasteiger charge is -2.58. The van der Waals surface area contributed by atoms with Gasteiger partial charge in [0.15, 0.2) is 0 Å². The molecule has 0 heterocycles. The van der Waals surface area contributed by atoms with Gasteiger partial charge in [-0.05, 0) is 156 Å². The van der Waals surface area contributed by atoms with Crippen LogP contribution in [0.3, 0.4) is 0 Å². The zero-order valence-corrected chi connectivity index (χ0v) is 35.0. The molecule has 5 N–H and O–H groups in total. The second-order valence-corrected chi connectivity index (χ2v) is 19.2. The highest BCUT2D eigenvalue weighted by atomic mass is 16.5. The fourth-order valence-electron chi connectivity index (χ4n) is 11.7. The molecule has 0 aromatic heterocycles. The van der Waals surface area contributed by atoms with Gasteiger partial charge in [-0.3, -0.25) is 9.59 Å². The third-order valence-electron chi connectivity index (χ3n) is 15.1. The average molecular weight is 727 g/mol. The van der Waals surface area contributed by atoms with Crippen molar-refractivity contribution >= 4 is 11.9 Å². The van der Waals surface area contributed by atoms with Crippen LogP contribution in [0.2, 0.25) is 0 Å². The van der Waals surface area contributed by atoms with Crippen molar-refractivity contribution in [1.29, 1.82) is 0 Å². The number of allylic oxidation sites excluding steroid dienone is 1. The predicted octanol–water partition coefficient (Wildman–Crippen LogP) is 9.03. The van der Waals surface area contributed by atoms with E-state index >= 15 is 0 Å². The lowest BCUT2D eigenvalue weighted by Crippen LogP contribution is -2.51. The first-order chi connectivity index (χ1) is 24.7. The Bertz CT molecular complexity index is 1150. The summed E-state index contributed by atoms with van der Waals surface area (Å²) < 4.78 is 6.10. The molecule has 52 heavy (non-hydrogen) atoms. The van der Waals surface area contributed by atoms with Crippen molar-refractivity contribution in [2.75, 3.05) is 26.2 Å². The third-order valence-corrected chi connectivity index (χ3v) is 15.1. The zero-order valence-electron chi connectivity index (χ0n) is 35.0. The van der Waals surface area contributed by atoms with E-state index in [1.54, 1.807) is 5.57 Å². The largest absolute Gasteiger partial charge is 0.462 e. The van der Waals surface area contributed by atoms with E-state index in [1.807, 2.05) is 18.7 Å². The van der Waals surface area contributed by atoms with Gasteiger partial charge in [-0.15, -0.1) is 0 Å². The van der Waals surface area contributed by atoms with E-state index in [-0.39, 0.29) is 48.3 Å². The molecular weight excluding hydrogens is 645 g/mol. The lowest BCUT2D eigenvalue weighted by atomic mass is 9.47. The van der Waals surface area contributed by atoms with Crippen molar-refractivity contribution in [2.24, 2.45) is 63.7 Å². The van der Waals surface area contributed by atoms with Crippen LogP contribution in [0.15, 0.2) is 11.6 Å². The van der Waals surface area contributed by atoms with Crippen LogP contribution in [0.5, 0.6) is 0 Å². The number of nitrogens with one attached hydrogen (secondary N) is 1. The Labute approximate surface area is 320 Å². The topological polar surface area (TPSA) is 111 Å². The number of ether oxygens (including phenoxy) is 1. The molecule has 0 spiro atoms. The van der Waals surface area contributed by atoms with Crippen molar-refractivity contribution < 1.29 is 14.3 Å². The monoisotopic (exact) mass is 727 g/mol. The maximum Gasteiger partial charge on any atom is 0.306 e. The maximum atomic E-state index is 13.3. The number of esters is 1. The van der Waals surface area contributed by atoms with Crippen molar-refractivity contribution in [3.8, 4) is 0 Å². The van der Waals surface area contributed by atoms with Gasteiger partial charge in [-0.25, -0.2) is 0 Å². The molecule has 300 valence electrons. The second kappa shape index (κ2) is 19.9. The van der Waals surface area contributed by atoms with Gasteiger partial charge in [-0.1, -0.05) is 66.0 Å². The standard InChI is InChI=1S/C45H82N4O3/c1-9-35(31(2)3)13-12-32(4)39-16-17-40-38-15-14-36-30-37(20-24-44(36,7)41(38)21-25-45(39,40)8)52-43(51)19-18-42(50)49(29-23-34(6)47)28-11-10-26-48-27-22-33(5)46/h14,31-35,37-41,48H,9-13,15-30,46-47H2,1-8H3/t32-,33?,34?,35-,37?,38?,39?,40?,41?,44?,45?/m1/s1. The zero-order chi connectivity index (χ0) is 38.1. The quantitative estimate of drug-likeness (QED) is 0.0619. The number of hydrogen-bond donors (Lipinski definition) is 3. The Balaban J connectivity index is 1.26. The summed E-state index contributed by atoms with van der Waals surface area (Å²) >= 11 is 0. The molecule has 3 saturated carbocycles. The van der Waals surface area contributed by atoms with E-state index in [2.05, 4.69) is 52.9 Å². The van der Waals surface area contributed by atoms with E-state index in [1.165, 1.54) is 51.4 Å². The summed E-state index contributed by atoms with van der Waals surface area (Å²) in [6.45, 7) is 22.2. The fourth-order valence-corrected chi connectivity index (χ4v) is 11.7. The van der Waals surface area contributed by atoms with Gasteiger partial charge in [0, 0.05) is 38.0 Å². The molecule has 0 radical (unpaired) electrons. The Kier molecular flexibility index (Phi) is 16.6. The average Bonchev–Trinajstić information content (AvgIpc) is 3.45. The number of rotatable bonds is 21. The van der Waals surface area contributed by atoms with Gasteiger partial charge in [-0.2, -0.15) is 0 Å². The van der Waals surface area contributed by atoms with Crippen molar-refractivity contribution in [2.45, 2.75) is 183 Å². The molecular formula is C45H82N4O3. The molecule has 1 amide bonds. The molecule has 0 aliphatic heterocycles. The number of amides is 1. The smallest absolute Gasteiger partial charge is 0.306 e. The van der Waals surface area contributed by atoms with Crippen molar-refractivity contribution in [3.63, 3.8) is 0 Å². The van der Waals surface area contributed by atoms with E-state index in [0.29, 0.717) is 18.5 Å². The SMILES string of the molecule is CC[C@H](CC[C@@H](C)C1CCC2C3CC=C4CC(OC(=O)CCC(=O)N(CCCCNCCC(C)N)CCC(C)N)CCC4(C)C3CCC21C)C(C)C. The summed E-state index contributed by atoms with van der Waals surface area (Å²) in [5.74, 6) is 5.58. The van der Waals surface area contributed by atoms with Gasteiger partial charge < -0.3 is 26.4 Å². The van der Waals surface area contributed by atoms with E-state index in [4.69, 9.17) is 16.2 Å². The van der Waals surface area contributed by atoms with Gasteiger partial charge in [0.25, 0.3) is 0 Å². The van der Waals surface area contributed by atoms with Gasteiger partial charge in [0.1, 0.15) is 6.10 Å². The highest BCUT2D eigenvalue weighted by Gasteiger charge is 2.59. The summed E-state index contributed by atoms with van der Waals surface area (Å²) in [5.41, 5.74) is 14.1. The highest BCUT2D eigenvalue weighted by Crippen LogP contribution is 2.67. The van der Waals surface area contributed by atoms with E-state index in [0.717, 1.165) is 99.5 Å². The van der Waals surface area contributed by atoms with Crippen LogP contribution in [-0.2, 0) is 14.3 Å². The number of hydrogen-bond acceptors (Lipinski definition) is 6. The molecule has 0 bridgehead atoms. The summed E-state index contributed by atoms with van der Waals surface area (Å²) in [4.78, 5) is 28.3. The van der Waals surface area contributed by atoms with Crippen LogP contribution < -0.4 is 16.8 Å². The predicted molar refractivity (Wildman–Crippen MR) is 217 cm³/mol. The summed E-state index contributed by atoms with van der Waals surface area (Å²) in [7, 11) is 0. The Morgan fingerprint density at radius 2 is 1.63 bits per heavy atom. The first kappa shape index (κ1) is 43.3. The Hall–Kier alpha value is -1.44. The molecule has 7 heteroatoms. The van der Waals surface area contributed by atoms with E-state index < -0.39 is 0 Å². The number of nitrogens with zero attached hydrogens (tertiary/aromatic N) is 1. The molecule has 0 saturated heterocycles. The number of fused-ring (bicyclic) bond motifs is 5. The van der Waals surface area contributed by atoms with Crippen LogP contribution in [0.4, 0.5) is 0 Å². The van der Waals surface area contributed by atoms with E-state index in [9.17, 15) is 9.59 Å². The van der Waals surface area contributed by atoms with Crippen LogP contribution in [0.25, 0.3) is 0 Å². The number of carbonyl (C=O) groups is 2. The van der Waals surface area contributed by atoms with Crippen LogP contribution in [-0.4, -0.2) is 61.1 Å². The fraction of sp³-hybridized carbons (Fsp3) is 0.911. The minimum absolute atomic E-state index is 0.0355. The molecule has 4 aliphatic rings. The lowest BCUT2D eigenvalue weighted by molar-refractivity contribution is -0.153. The first-order valence-electron chi connectivity index (χ1n) is 22.1. The van der Waals surface area contributed by atoms with Gasteiger partial charge in [0.2, 0.25) is 5.91 Å². The molecule has 4 rings (SSSR count). The molecule has 7 nitrogen and oxygen atoms in total. The highest BCUT2D eigenvalue weighted by molar-refractivity contribution is 5.81. The summed E-state index contributed by atoms with van der Waals surface area (Å²) in [5, 5.41) is 3.44.